The maximum absolute atomic E-state index is 4.14. The van der Waals surface area contributed by atoms with E-state index in [0.717, 1.165) is 17.4 Å². The highest BCUT2D eigenvalue weighted by Gasteiger charge is 2.20. The van der Waals surface area contributed by atoms with Gasteiger partial charge in [0, 0.05) is 0 Å². The first kappa shape index (κ1) is 15.8. The van der Waals surface area contributed by atoms with E-state index in [1.54, 1.807) is 0 Å². The maximum Gasteiger partial charge on any atom is -0.0162 e. The average Bonchev–Trinajstić information content (AvgIpc) is 2.55. The molecule has 0 heteroatoms. The van der Waals surface area contributed by atoms with Crippen molar-refractivity contribution in [3.05, 3.63) is 66.3 Å². The molecule has 0 aliphatic heterocycles. The van der Waals surface area contributed by atoms with E-state index in [-0.39, 0.29) is 0 Å². The summed E-state index contributed by atoms with van der Waals surface area (Å²) < 4.78 is 0. The first-order valence-electron chi connectivity index (χ1n) is 8.33. The third-order valence-corrected chi connectivity index (χ3v) is 4.78. The molecule has 1 aliphatic rings. The average molecular weight is 280 g/mol. The lowest BCUT2D eigenvalue weighted by atomic mass is 9.77. The van der Waals surface area contributed by atoms with Gasteiger partial charge in [0.2, 0.25) is 0 Å². The zero-order valence-corrected chi connectivity index (χ0v) is 13.5. The second-order valence-corrected chi connectivity index (χ2v) is 6.16. The molecule has 0 saturated heterocycles. The predicted molar refractivity (Wildman–Crippen MR) is 94.4 cm³/mol. The summed E-state index contributed by atoms with van der Waals surface area (Å²) in [6.07, 6.45) is 15.1. The third-order valence-electron chi connectivity index (χ3n) is 4.78. The first-order chi connectivity index (χ1) is 10.2. The van der Waals surface area contributed by atoms with Gasteiger partial charge in [0.1, 0.15) is 0 Å². The second kappa shape index (κ2) is 8.02. The minimum atomic E-state index is 0.772. The standard InChI is InChI=1S/C21H28/c1-4-6-7-8-17(3)19-13-15-21(16-14-19)20-11-9-18(5-2)10-12-20/h4,6-8,13-16,18,20H,3,5,9-12H2,1-2H3/b6-4-,8-7-. The lowest BCUT2D eigenvalue weighted by Crippen LogP contribution is -2.12. The molecule has 0 amide bonds. The van der Waals surface area contributed by atoms with Gasteiger partial charge < -0.3 is 0 Å². The highest BCUT2D eigenvalue weighted by molar-refractivity contribution is 5.72. The van der Waals surface area contributed by atoms with Crippen LogP contribution in [0.15, 0.2) is 55.1 Å². The molecule has 0 bridgehead atoms. The summed E-state index contributed by atoms with van der Waals surface area (Å²) in [6.45, 7) is 8.49. The zero-order valence-electron chi connectivity index (χ0n) is 13.5. The molecular formula is C21H28. The largest absolute Gasteiger partial charge is 0.0912 e. The van der Waals surface area contributed by atoms with E-state index in [2.05, 4.69) is 43.8 Å². The Balaban J connectivity index is 1.97. The molecule has 1 fully saturated rings. The molecule has 0 atom stereocenters. The maximum atomic E-state index is 4.14. The summed E-state index contributed by atoms with van der Waals surface area (Å²) in [5.74, 6) is 1.74. The van der Waals surface area contributed by atoms with Crippen LogP contribution in [0, 0.1) is 5.92 Å². The van der Waals surface area contributed by atoms with Gasteiger partial charge >= 0.3 is 0 Å². The van der Waals surface area contributed by atoms with Crippen LogP contribution in [0.4, 0.5) is 0 Å². The fraction of sp³-hybridized carbons (Fsp3) is 0.429. The molecule has 0 nitrogen and oxygen atoms in total. The van der Waals surface area contributed by atoms with Gasteiger partial charge in [0.15, 0.2) is 0 Å². The van der Waals surface area contributed by atoms with Gasteiger partial charge in [-0.05, 0) is 61.1 Å². The van der Waals surface area contributed by atoms with Gasteiger partial charge in [-0.15, -0.1) is 0 Å². The topological polar surface area (TPSA) is 0 Å². The molecule has 112 valence electrons. The molecule has 0 heterocycles. The molecule has 0 radical (unpaired) electrons. The Morgan fingerprint density at radius 2 is 1.76 bits per heavy atom. The van der Waals surface area contributed by atoms with Crippen LogP contribution in [-0.4, -0.2) is 0 Å². The normalized spacial score (nSPS) is 23.0. The molecule has 1 saturated carbocycles. The van der Waals surface area contributed by atoms with Crippen molar-refractivity contribution in [3.8, 4) is 0 Å². The van der Waals surface area contributed by atoms with Crippen LogP contribution in [0.3, 0.4) is 0 Å². The lowest BCUT2D eigenvalue weighted by molar-refractivity contribution is 0.319. The zero-order chi connectivity index (χ0) is 15.1. The van der Waals surface area contributed by atoms with Gasteiger partial charge in [0.05, 0.1) is 0 Å². The van der Waals surface area contributed by atoms with E-state index in [1.165, 1.54) is 43.2 Å². The van der Waals surface area contributed by atoms with Crippen LogP contribution in [-0.2, 0) is 0 Å². The van der Waals surface area contributed by atoms with E-state index >= 15 is 0 Å². The molecule has 0 N–H and O–H groups in total. The first-order valence-corrected chi connectivity index (χ1v) is 8.33. The summed E-state index contributed by atoms with van der Waals surface area (Å²) in [5, 5.41) is 0. The van der Waals surface area contributed by atoms with Gasteiger partial charge in [-0.25, -0.2) is 0 Å². The molecule has 0 spiro atoms. The van der Waals surface area contributed by atoms with Crippen LogP contribution in [0.1, 0.15) is 63.0 Å². The van der Waals surface area contributed by atoms with Crippen molar-refractivity contribution in [2.75, 3.05) is 0 Å². The van der Waals surface area contributed by atoms with Crippen LogP contribution in [0.2, 0.25) is 0 Å². The molecule has 0 unspecified atom stereocenters. The van der Waals surface area contributed by atoms with Crippen molar-refractivity contribution in [1.29, 1.82) is 0 Å². The predicted octanol–water partition coefficient (Wildman–Crippen LogP) is 6.52. The van der Waals surface area contributed by atoms with Crippen LogP contribution < -0.4 is 0 Å². The highest BCUT2D eigenvalue weighted by atomic mass is 14.3. The molecule has 1 aromatic rings. The highest BCUT2D eigenvalue weighted by Crippen LogP contribution is 2.37. The number of allylic oxidation sites excluding steroid dienone is 5. The van der Waals surface area contributed by atoms with Gasteiger partial charge in [-0.2, -0.15) is 0 Å². The van der Waals surface area contributed by atoms with E-state index in [9.17, 15) is 0 Å². The minimum Gasteiger partial charge on any atom is -0.0912 e. The number of rotatable bonds is 5. The van der Waals surface area contributed by atoms with Crippen molar-refractivity contribution in [2.45, 2.75) is 51.9 Å². The van der Waals surface area contributed by atoms with Gasteiger partial charge in [-0.1, -0.05) is 68.5 Å². The Morgan fingerprint density at radius 1 is 1.10 bits per heavy atom. The molecule has 2 rings (SSSR count). The number of hydrogen-bond donors (Lipinski definition) is 0. The van der Waals surface area contributed by atoms with Gasteiger partial charge in [-0.3, -0.25) is 0 Å². The molecule has 1 aliphatic carbocycles. The van der Waals surface area contributed by atoms with E-state index in [4.69, 9.17) is 0 Å². The quantitative estimate of drug-likeness (QED) is 0.539. The fourth-order valence-corrected chi connectivity index (χ4v) is 3.25. The smallest absolute Gasteiger partial charge is 0.0162 e. The SMILES string of the molecule is C=C(/C=C\C=C/C)c1ccc(C2CCC(CC)CC2)cc1. The minimum absolute atomic E-state index is 0.772. The van der Waals surface area contributed by atoms with Gasteiger partial charge in [0.25, 0.3) is 0 Å². The summed E-state index contributed by atoms with van der Waals surface area (Å²) in [5.41, 5.74) is 3.81. The number of benzene rings is 1. The fourth-order valence-electron chi connectivity index (χ4n) is 3.25. The second-order valence-electron chi connectivity index (χ2n) is 6.16. The van der Waals surface area contributed by atoms with Crippen molar-refractivity contribution < 1.29 is 0 Å². The molecule has 21 heavy (non-hydrogen) atoms. The van der Waals surface area contributed by atoms with Crippen LogP contribution in [0.5, 0.6) is 0 Å². The van der Waals surface area contributed by atoms with Crippen molar-refractivity contribution in [2.24, 2.45) is 5.92 Å². The Bertz CT molecular complexity index is 493. The Morgan fingerprint density at radius 3 is 2.33 bits per heavy atom. The van der Waals surface area contributed by atoms with E-state index < -0.39 is 0 Å². The van der Waals surface area contributed by atoms with Crippen molar-refractivity contribution in [3.63, 3.8) is 0 Å². The number of hydrogen-bond acceptors (Lipinski definition) is 0. The lowest BCUT2D eigenvalue weighted by Gasteiger charge is -2.28. The van der Waals surface area contributed by atoms with E-state index in [1.807, 2.05) is 25.2 Å². The summed E-state index contributed by atoms with van der Waals surface area (Å²) >= 11 is 0. The molecule has 0 aromatic heterocycles. The third kappa shape index (κ3) is 4.46. The van der Waals surface area contributed by atoms with Crippen LogP contribution >= 0.6 is 0 Å². The summed E-state index contributed by atoms with van der Waals surface area (Å²) in [7, 11) is 0. The Hall–Kier alpha value is -1.56. The van der Waals surface area contributed by atoms with E-state index in [0.29, 0.717) is 0 Å². The Labute approximate surface area is 130 Å². The van der Waals surface area contributed by atoms with Crippen LogP contribution in [0.25, 0.3) is 5.57 Å². The molecule has 1 aromatic carbocycles. The summed E-state index contributed by atoms with van der Waals surface area (Å²) in [4.78, 5) is 0. The Kier molecular flexibility index (Phi) is 6.04. The van der Waals surface area contributed by atoms with Crippen molar-refractivity contribution >= 4 is 5.57 Å². The summed E-state index contributed by atoms with van der Waals surface area (Å²) in [6, 6.07) is 9.06. The monoisotopic (exact) mass is 280 g/mol. The molecular weight excluding hydrogens is 252 g/mol. The van der Waals surface area contributed by atoms with Crippen molar-refractivity contribution in [1.82, 2.24) is 0 Å².